The summed E-state index contributed by atoms with van der Waals surface area (Å²) in [6.07, 6.45) is 2.68. The van der Waals surface area contributed by atoms with Crippen molar-refractivity contribution in [2.24, 2.45) is 5.14 Å². The Balaban J connectivity index is 1.66. The fraction of sp³-hybridized carbons (Fsp3) is 0.333. The number of carbonyl (C=O) groups is 2. The minimum atomic E-state index is -3.77. The molecule has 0 atom stereocenters. The van der Waals surface area contributed by atoms with Crippen molar-refractivity contribution in [3.05, 3.63) is 36.2 Å². The Kier molecular flexibility index (Phi) is 6.85. The van der Waals surface area contributed by atoms with Gasteiger partial charge in [0.25, 0.3) is 5.91 Å². The van der Waals surface area contributed by atoms with Crippen LogP contribution < -0.4 is 15.2 Å². The van der Waals surface area contributed by atoms with E-state index in [9.17, 15) is 18.0 Å². The first-order chi connectivity index (χ1) is 12.7. The topological polar surface area (TPSA) is 166 Å². The molecule has 4 N–H and O–H groups in total. The predicted octanol–water partition coefficient (Wildman–Crippen LogP) is -0.862. The van der Waals surface area contributed by atoms with Gasteiger partial charge in [0.1, 0.15) is 12.3 Å². The summed E-state index contributed by atoms with van der Waals surface area (Å²) in [6.45, 7) is -0.0822. The van der Waals surface area contributed by atoms with Gasteiger partial charge < -0.3 is 15.2 Å². The molecule has 0 bridgehead atoms. The number of aromatic nitrogens is 3. The summed E-state index contributed by atoms with van der Waals surface area (Å²) < 4.78 is 28.8. The molecule has 0 fully saturated rings. The Labute approximate surface area is 155 Å². The van der Waals surface area contributed by atoms with Gasteiger partial charge in [-0.1, -0.05) is 5.21 Å². The van der Waals surface area contributed by atoms with E-state index in [0.29, 0.717) is 30.8 Å². The molecule has 2 rings (SSSR count). The number of amides is 1. The number of carbonyl (C=O) groups excluding carboxylic acids is 1. The number of rotatable bonds is 10. The molecule has 27 heavy (non-hydrogen) atoms. The van der Waals surface area contributed by atoms with Crippen LogP contribution in [0.2, 0.25) is 0 Å². The molecule has 146 valence electrons. The number of nitrogens with zero attached hydrogens (tertiary/aromatic N) is 3. The summed E-state index contributed by atoms with van der Waals surface area (Å²) in [7, 11) is -3.77. The molecule has 11 nitrogen and oxygen atoms in total. The molecule has 0 radical (unpaired) electrons. The molecule has 0 saturated carbocycles. The number of nitrogens with two attached hydrogens (primary N) is 1. The first kappa shape index (κ1) is 20.3. The van der Waals surface area contributed by atoms with Crippen molar-refractivity contribution in [1.82, 2.24) is 20.3 Å². The molecule has 2 aromatic rings. The smallest absolute Gasteiger partial charge is 0.325 e. The highest BCUT2D eigenvalue weighted by Gasteiger charge is 2.08. The summed E-state index contributed by atoms with van der Waals surface area (Å²) >= 11 is 0. The van der Waals surface area contributed by atoms with Crippen molar-refractivity contribution in [3.63, 3.8) is 0 Å². The number of aryl methyl sites for hydroxylation is 1. The number of hydrogen-bond acceptors (Lipinski definition) is 7. The quantitative estimate of drug-likeness (QED) is 0.435. The first-order valence-electron chi connectivity index (χ1n) is 7.87. The maximum absolute atomic E-state index is 11.7. The Morgan fingerprint density at radius 2 is 1.96 bits per heavy atom. The van der Waals surface area contributed by atoms with E-state index in [1.54, 1.807) is 6.20 Å². The lowest BCUT2D eigenvalue weighted by atomic mass is 10.2. The second-order valence-corrected chi connectivity index (χ2v) is 7.12. The molecule has 0 aliphatic heterocycles. The van der Waals surface area contributed by atoms with E-state index < -0.39 is 16.0 Å². The van der Waals surface area contributed by atoms with Crippen molar-refractivity contribution in [2.75, 3.05) is 13.2 Å². The molecular weight excluding hydrogens is 378 g/mol. The summed E-state index contributed by atoms with van der Waals surface area (Å²) in [4.78, 5) is 22.2. The van der Waals surface area contributed by atoms with E-state index in [-0.39, 0.29) is 24.0 Å². The van der Waals surface area contributed by atoms with Crippen LogP contribution in [0.3, 0.4) is 0 Å². The number of nitrogens with one attached hydrogen (secondary N) is 1. The Morgan fingerprint density at radius 3 is 2.59 bits per heavy atom. The van der Waals surface area contributed by atoms with Gasteiger partial charge in [-0.15, -0.1) is 5.10 Å². The molecular formula is C15H19N5O6S. The summed E-state index contributed by atoms with van der Waals surface area (Å²) in [5.74, 6) is -0.995. The second-order valence-electron chi connectivity index (χ2n) is 5.56. The summed E-state index contributed by atoms with van der Waals surface area (Å²) in [6, 6.07) is 5.40. The molecule has 1 heterocycles. The number of hydrogen-bond donors (Lipinski definition) is 3. The average molecular weight is 397 g/mol. The van der Waals surface area contributed by atoms with Crippen LogP contribution in [0.4, 0.5) is 0 Å². The monoisotopic (exact) mass is 397 g/mol. The number of sulfonamides is 1. The first-order valence-corrected chi connectivity index (χ1v) is 9.42. The third kappa shape index (κ3) is 7.03. The lowest BCUT2D eigenvalue weighted by Crippen LogP contribution is -2.29. The SMILES string of the molecule is NS(=O)(=O)c1ccc(OCC(=O)NCCCc2cn(CC(=O)O)nn2)cc1. The van der Waals surface area contributed by atoms with Crippen molar-refractivity contribution >= 4 is 21.9 Å². The molecule has 0 unspecified atom stereocenters. The maximum atomic E-state index is 11.7. The number of ether oxygens (including phenoxy) is 1. The summed E-state index contributed by atoms with van der Waals surface area (Å²) in [5, 5.41) is 23.8. The van der Waals surface area contributed by atoms with Crippen molar-refractivity contribution in [3.8, 4) is 5.75 Å². The van der Waals surface area contributed by atoms with Crippen LogP contribution in [0.1, 0.15) is 12.1 Å². The molecule has 0 aliphatic carbocycles. The molecule has 0 aliphatic rings. The zero-order chi connectivity index (χ0) is 19.9. The van der Waals surface area contributed by atoms with Gasteiger partial charge in [0.05, 0.1) is 10.6 Å². The van der Waals surface area contributed by atoms with Gasteiger partial charge in [0.15, 0.2) is 6.61 Å². The van der Waals surface area contributed by atoms with E-state index in [1.165, 1.54) is 28.9 Å². The van der Waals surface area contributed by atoms with Crippen LogP contribution in [0.15, 0.2) is 35.4 Å². The molecule has 1 amide bonds. The zero-order valence-electron chi connectivity index (χ0n) is 14.2. The van der Waals surface area contributed by atoms with E-state index in [1.807, 2.05) is 0 Å². The number of carboxylic acids is 1. The standard InChI is InChI=1S/C15H19N5O6S/c16-27(24,25)13-5-3-12(4-6-13)26-10-14(21)17-7-1-2-11-8-20(19-18-11)9-15(22)23/h3-6,8H,1-2,7,9-10H2,(H,17,21)(H,22,23)(H2,16,24,25). The third-order valence-corrected chi connectivity index (χ3v) is 4.27. The largest absolute Gasteiger partial charge is 0.484 e. The minimum absolute atomic E-state index is 0.0420. The maximum Gasteiger partial charge on any atom is 0.325 e. The van der Waals surface area contributed by atoms with Gasteiger partial charge in [-0.25, -0.2) is 18.2 Å². The van der Waals surface area contributed by atoms with Gasteiger partial charge in [0.2, 0.25) is 10.0 Å². The molecule has 0 saturated heterocycles. The van der Waals surface area contributed by atoms with Gasteiger partial charge in [-0.3, -0.25) is 9.59 Å². The lowest BCUT2D eigenvalue weighted by molar-refractivity contribution is -0.138. The van der Waals surface area contributed by atoms with Gasteiger partial charge in [-0.2, -0.15) is 0 Å². The fourth-order valence-electron chi connectivity index (χ4n) is 2.09. The zero-order valence-corrected chi connectivity index (χ0v) is 15.1. The normalized spacial score (nSPS) is 11.1. The van der Waals surface area contributed by atoms with Crippen LogP contribution >= 0.6 is 0 Å². The molecule has 1 aromatic carbocycles. The predicted molar refractivity (Wildman–Crippen MR) is 92.3 cm³/mol. The molecule has 0 spiro atoms. The van der Waals surface area contributed by atoms with Crippen molar-refractivity contribution in [2.45, 2.75) is 24.3 Å². The second kappa shape index (κ2) is 9.09. The lowest BCUT2D eigenvalue weighted by Gasteiger charge is -2.07. The van der Waals surface area contributed by atoms with Gasteiger partial charge >= 0.3 is 5.97 Å². The number of aliphatic carboxylic acids is 1. The van der Waals surface area contributed by atoms with E-state index >= 15 is 0 Å². The highest BCUT2D eigenvalue weighted by molar-refractivity contribution is 7.89. The third-order valence-electron chi connectivity index (χ3n) is 3.34. The number of benzene rings is 1. The van der Waals surface area contributed by atoms with Crippen LogP contribution in [0, 0.1) is 0 Å². The van der Waals surface area contributed by atoms with E-state index in [0.717, 1.165) is 0 Å². The van der Waals surface area contributed by atoms with Gasteiger partial charge in [-0.05, 0) is 37.1 Å². The van der Waals surface area contributed by atoms with E-state index in [4.69, 9.17) is 15.0 Å². The van der Waals surface area contributed by atoms with E-state index in [2.05, 4.69) is 15.6 Å². The average Bonchev–Trinajstić information content (AvgIpc) is 3.03. The molecule has 1 aromatic heterocycles. The molecule has 12 heteroatoms. The Hall–Kier alpha value is -2.99. The number of primary sulfonamides is 1. The van der Waals surface area contributed by atoms with Crippen molar-refractivity contribution in [1.29, 1.82) is 0 Å². The highest BCUT2D eigenvalue weighted by atomic mass is 32.2. The summed E-state index contributed by atoms with van der Waals surface area (Å²) in [5.41, 5.74) is 0.636. The van der Waals surface area contributed by atoms with Crippen molar-refractivity contribution < 1.29 is 27.9 Å². The fourth-order valence-corrected chi connectivity index (χ4v) is 2.61. The Bertz CT molecular complexity index is 894. The minimum Gasteiger partial charge on any atom is -0.484 e. The van der Waals surface area contributed by atoms with Crippen LogP contribution in [-0.4, -0.2) is 53.5 Å². The van der Waals surface area contributed by atoms with Gasteiger partial charge in [0, 0.05) is 12.7 Å². The van der Waals surface area contributed by atoms with Crippen LogP contribution in [0.25, 0.3) is 0 Å². The number of carboxylic acid groups (broad SMARTS) is 1. The Morgan fingerprint density at radius 1 is 1.26 bits per heavy atom. The van der Waals surface area contributed by atoms with Crippen LogP contribution in [0.5, 0.6) is 5.75 Å². The highest BCUT2D eigenvalue weighted by Crippen LogP contribution is 2.14. The van der Waals surface area contributed by atoms with Crippen LogP contribution in [-0.2, 0) is 32.6 Å².